The normalized spacial score (nSPS) is 18.7. The highest BCUT2D eigenvalue weighted by Crippen LogP contribution is 2.23. The average molecular weight is 447 g/mol. The van der Waals surface area contributed by atoms with Gasteiger partial charge in [0.15, 0.2) is 5.96 Å². The summed E-state index contributed by atoms with van der Waals surface area (Å²) in [6.07, 6.45) is 2.55. The first-order chi connectivity index (χ1) is 15.5. The number of aliphatic imine (C=N–C) groups is 1. The quantitative estimate of drug-likeness (QED) is 0.497. The van der Waals surface area contributed by atoms with Crippen molar-refractivity contribution in [2.24, 2.45) is 10.9 Å². The van der Waals surface area contributed by atoms with E-state index < -0.39 is 0 Å². The van der Waals surface area contributed by atoms with Crippen molar-refractivity contribution < 1.29 is 9.18 Å². The molecular formula is C24H39FN6O. The molecular weight excluding hydrogens is 407 g/mol. The molecule has 0 aromatic heterocycles. The predicted molar refractivity (Wildman–Crippen MR) is 129 cm³/mol. The molecule has 0 atom stereocenters. The van der Waals surface area contributed by atoms with Crippen LogP contribution in [0, 0.1) is 11.7 Å². The highest BCUT2D eigenvalue weighted by Gasteiger charge is 2.23. The third-order valence-electron chi connectivity index (χ3n) is 6.59. The van der Waals surface area contributed by atoms with E-state index in [1.165, 1.54) is 0 Å². The molecule has 2 N–H and O–H groups in total. The van der Waals surface area contributed by atoms with Gasteiger partial charge < -0.3 is 25.3 Å². The number of benzene rings is 1. The number of carbonyl (C=O) groups excluding carboxylic acids is 1. The first-order valence-corrected chi connectivity index (χ1v) is 12.0. The molecule has 0 radical (unpaired) electrons. The number of piperidine rings is 1. The number of carbonyl (C=O) groups is 1. The van der Waals surface area contributed by atoms with E-state index in [-0.39, 0.29) is 11.7 Å². The molecule has 0 bridgehead atoms. The summed E-state index contributed by atoms with van der Waals surface area (Å²) in [5.74, 6) is 1.24. The summed E-state index contributed by atoms with van der Waals surface area (Å²) in [6, 6.07) is 5.52. The van der Waals surface area contributed by atoms with Gasteiger partial charge in [-0.3, -0.25) is 4.79 Å². The molecule has 0 saturated carbocycles. The lowest BCUT2D eigenvalue weighted by Crippen LogP contribution is -2.46. The van der Waals surface area contributed by atoms with Gasteiger partial charge in [0, 0.05) is 59.3 Å². The Labute approximate surface area is 192 Å². The van der Waals surface area contributed by atoms with Crippen LogP contribution in [0.3, 0.4) is 0 Å². The fourth-order valence-electron chi connectivity index (χ4n) is 4.52. The van der Waals surface area contributed by atoms with Crippen molar-refractivity contribution in [1.29, 1.82) is 0 Å². The van der Waals surface area contributed by atoms with Crippen LogP contribution < -0.4 is 15.5 Å². The van der Waals surface area contributed by atoms with Gasteiger partial charge in [0.2, 0.25) is 5.91 Å². The minimum atomic E-state index is -0.164. The van der Waals surface area contributed by atoms with Crippen LogP contribution in [0.15, 0.2) is 23.2 Å². The molecule has 1 amide bonds. The Morgan fingerprint density at radius 3 is 2.44 bits per heavy atom. The van der Waals surface area contributed by atoms with E-state index in [1.54, 1.807) is 13.1 Å². The molecule has 8 heteroatoms. The zero-order valence-electron chi connectivity index (χ0n) is 19.9. The number of likely N-dealkylation sites (N-methyl/N-ethyl adjacent to an activating group) is 1. The van der Waals surface area contributed by atoms with Crippen LogP contribution in [0.1, 0.15) is 38.7 Å². The SMILES string of the molecule is CCNC(=NCc1ccc(N2CCN(CC)CC2)c(F)c1)N1CCC(CC(=O)NC)CC1. The van der Waals surface area contributed by atoms with Crippen LogP contribution in [-0.2, 0) is 11.3 Å². The summed E-state index contributed by atoms with van der Waals surface area (Å²) in [6.45, 7) is 11.9. The standard InChI is InChI=1S/C24H39FN6O/c1-4-27-24(31-10-8-19(9-11-31)17-23(32)26-3)28-18-20-6-7-22(21(25)16-20)30-14-12-29(5-2)13-15-30/h6-7,16,19H,4-5,8-15,17-18H2,1-3H3,(H,26,32)(H,27,28). The summed E-state index contributed by atoms with van der Waals surface area (Å²) in [5, 5.41) is 6.08. The van der Waals surface area contributed by atoms with Gasteiger partial charge in [0.25, 0.3) is 0 Å². The van der Waals surface area contributed by atoms with Gasteiger partial charge in [-0.05, 0) is 49.9 Å². The van der Waals surface area contributed by atoms with E-state index in [0.29, 0.717) is 24.6 Å². The highest BCUT2D eigenvalue weighted by atomic mass is 19.1. The fraction of sp³-hybridized carbons (Fsp3) is 0.667. The number of hydrogen-bond donors (Lipinski definition) is 2. The van der Waals surface area contributed by atoms with E-state index in [0.717, 1.165) is 76.7 Å². The minimum absolute atomic E-state index is 0.113. The third kappa shape index (κ3) is 6.58. The lowest BCUT2D eigenvalue weighted by Gasteiger charge is -2.35. The van der Waals surface area contributed by atoms with E-state index in [4.69, 9.17) is 4.99 Å². The Morgan fingerprint density at radius 1 is 1.12 bits per heavy atom. The molecule has 2 heterocycles. The first-order valence-electron chi connectivity index (χ1n) is 12.0. The summed E-state index contributed by atoms with van der Waals surface area (Å²) in [7, 11) is 1.69. The molecule has 32 heavy (non-hydrogen) atoms. The van der Waals surface area contributed by atoms with E-state index in [9.17, 15) is 9.18 Å². The number of rotatable bonds is 7. The lowest BCUT2D eigenvalue weighted by atomic mass is 9.93. The van der Waals surface area contributed by atoms with Crippen molar-refractivity contribution in [3.63, 3.8) is 0 Å². The lowest BCUT2D eigenvalue weighted by molar-refractivity contribution is -0.121. The molecule has 178 valence electrons. The molecule has 7 nitrogen and oxygen atoms in total. The second kappa shape index (κ2) is 12.0. The molecule has 1 aromatic rings. The van der Waals surface area contributed by atoms with Crippen molar-refractivity contribution in [2.45, 2.75) is 39.7 Å². The molecule has 0 spiro atoms. The molecule has 2 aliphatic heterocycles. The Kier molecular flexibility index (Phi) is 9.14. The molecule has 0 unspecified atom stereocenters. The van der Waals surface area contributed by atoms with Gasteiger partial charge in [-0.25, -0.2) is 9.38 Å². The third-order valence-corrected chi connectivity index (χ3v) is 6.59. The molecule has 0 aliphatic carbocycles. The minimum Gasteiger partial charge on any atom is -0.367 e. The van der Waals surface area contributed by atoms with Crippen LogP contribution in [0.2, 0.25) is 0 Å². The maximum absolute atomic E-state index is 14.9. The predicted octanol–water partition coefficient (Wildman–Crippen LogP) is 2.28. The van der Waals surface area contributed by atoms with E-state index >= 15 is 0 Å². The Morgan fingerprint density at radius 2 is 1.84 bits per heavy atom. The number of anilines is 1. The van der Waals surface area contributed by atoms with Crippen LogP contribution in [0.25, 0.3) is 0 Å². The largest absolute Gasteiger partial charge is 0.367 e. The van der Waals surface area contributed by atoms with Crippen LogP contribution in [-0.4, -0.2) is 81.1 Å². The number of nitrogens with one attached hydrogen (secondary N) is 2. The fourth-order valence-corrected chi connectivity index (χ4v) is 4.52. The van der Waals surface area contributed by atoms with Crippen molar-refractivity contribution in [1.82, 2.24) is 20.4 Å². The van der Waals surface area contributed by atoms with Gasteiger partial charge in [0.05, 0.1) is 12.2 Å². The maximum atomic E-state index is 14.9. The highest BCUT2D eigenvalue weighted by molar-refractivity contribution is 5.80. The van der Waals surface area contributed by atoms with Gasteiger partial charge in [-0.15, -0.1) is 0 Å². The molecule has 2 saturated heterocycles. The number of piperazine rings is 1. The van der Waals surface area contributed by atoms with Gasteiger partial charge in [0.1, 0.15) is 5.82 Å². The number of nitrogens with zero attached hydrogens (tertiary/aromatic N) is 4. The first kappa shape index (κ1) is 24.3. The maximum Gasteiger partial charge on any atom is 0.220 e. The Balaban J connectivity index is 1.58. The van der Waals surface area contributed by atoms with Crippen molar-refractivity contribution >= 4 is 17.6 Å². The topological polar surface area (TPSA) is 63.2 Å². The summed E-state index contributed by atoms with van der Waals surface area (Å²) in [5.41, 5.74) is 1.57. The van der Waals surface area contributed by atoms with Crippen molar-refractivity contribution in [3.8, 4) is 0 Å². The number of hydrogen-bond acceptors (Lipinski definition) is 4. The number of amides is 1. The van der Waals surface area contributed by atoms with Crippen LogP contribution in [0.4, 0.5) is 10.1 Å². The van der Waals surface area contributed by atoms with E-state index in [2.05, 4.69) is 39.2 Å². The molecule has 1 aromatic carbocycles. The number of likely N-dealkylation sites (tertiary alicyclic amines) is 1. The van der Waals surface area contributed by atoms with Crippen molar-refractivity contribution in [2.75, 3.05) is 64.3 Å². The Bertz CT molecular complexity index is 770. The zero-order valence-corrected chi connectivity index (χ0v) is 19.9. The van der Waals surface area contributed by atoms with Gasteiger partial charge in [-0.2, -0.15) is 0 Å². The second-order valence-electron chi connectivity index (χ2n) is 8.68. The second-order valence-corrected chi connectivity index (χ2v) is 8.68. The monoisotopic (exact) mass is 446 g/mol. The molecule has 3 rings (SSSR count). The summed E-state index contributed by atoms with van der Waals surface area (Å²) >= 11 is 0. The number of halogens is 1. The average Bonchev–Trinajstić information content (AvgIpc) is 2.82. The Hall–Kier alpha value is -2.35. The zero-order chi connectivity index (χ0) is 22.9. The van der Waals surface area contributed by atoms with Crippen LogP contribution in [0.5, 0.6) is 0 Å². The summed E-state index contributed by atoms with van der Waals surface area (Å²) < 4.78 is 14.9. The van der Waals surface area contributed by atoms with Gasteiger partial charge >= 0.3 is 0 Å². The molecule has 2 fully saturated rings. The summed E-state index contributed by atoms with van der Waals surface area (Å²) in [4.78, 5) is 23.2. The van der Waals surface area contributed by atoms with Gasteiger partial charge in [-0.1, -0.05) is 13.0 Å². The van der Waals surface area contributed by atoms with Crippen molar-refractivity contribution in [3.05, 3.63) is 29.6 Å². The van der Waals surface area contributed by atoms with E-state index in [1.807, 2.05) is 12.1 Å². The number of guanidine groups is 1. The van der Waals surface area contributed by atoms with Crippen LogP contribution >= 0.6 is 0 Å². The molecule has 2 aliphatic rings. The smallest absolute Gasteiger partial charge is 0.220 e.